The van der Waals surface area contributed by atoms with Crippen molar-refractivity contribution in [2.75, 3.05) is 6.54 Å². The first-order valence-electron chi connectivity index (χ1n) is 10.3. The predicted octanol–water partition coefficient (Wildman–Crippen LogP) is 5.34. The number of hydrogen-bond acceptors (Lipinski definition) is 5. The predicted molar refractivity (Wildman–Crippen MR) is 134 cm³/mol. The van der Waals surface area contributed by atoms with E-state index in [1.807, 2.05) is 37.3 Å². The van der Waals surface area contributed by atoms with Gasteiger partial charge in [0.1, 0.15) is 10.6 Å². The molecule has 33 heavy (non-hydrogen) atoms. The smallest absolute Gasteiger partial charge is 0.268 e. The summed E-state index contributed by atoms with van der Waals surface area (Å²) in [5, 5.41) is 3.24. The van der Waals surface area contributed by atoms with E-state index >= 15 is 0 Å². The van der Waals surface area contributed by atoms with Crippen LogP contribution in [0.5, 0.6) is 0 Å². The van der Waals surface area contributed by atoms with E-state index in [0.717, 1.165) is 16.0 Å². The summed E-state index contributed by atoms with van der Waals surface area (Å²) < 4.78 is 15.1. The number of nitrogens with zero attached hydrogens (tertiary/aromatic N) is 2. The molecule has 1 amide bonds. The Kier molecular flexibility index (Phi) is 6.76. The lowest BCUT2D eigenvalue weighted by atomic mass is 10.0. The van der Waals surface area contributed by atoms with Gasteiger partial charge in [0.2, 0.25) is 5.91 Å². The first-order chi connectivity index (χ1) is 15.9. The fraction of sp³-hybridized carbons (Fsp3) is 0.160. The maximum absolute atomic E-state index is 13.9. The third kappa shape index (κ3) is 4.62. The molecule has 2 heterocycles. The van der Waals surface area contributed by atoms with Gasteiger partial charge in [0.05, 0.1) is 16.3 Å². The molecule has 1 atom stereocenters. The van der Waals surface area contributed by atoms with Crippen molar-refractivity contribution < 1.29 is 9.18 Å². The maximum atomic E-state index is 13.9. The number of aromatic nitrogens is 2. The van der Waals surface area contributed by atoms with E-state index in [1.54, 1.807) is 29.7 Å². The lowest BCUT2D eigenvalue weighted by molar-refractivity contribution is -0.120. The molecule has 2 aromatic heterocycles. The van der Waals surface area contributed by atoms with Gasteiger partial charge in [-0.15, -0.1) is 17.9 Å². The molecule has 1 N–H and O–H groups in total. The Morgan fingerprint density at radius 1 is 1.24 bits per heavy atom. The van der Waals surface area contributed by atoms with E-state index in [0.29, 0.717) is 27.6 Å². The molecule has 0 saturated heterocycles. The van der Waals surface area contributed by atoms with E-state index in [-0.39, 0.29) is 17.3 Å². The Labute approximate surface area is 199 Å². The molecule has 4 rings (SSSR count). The number of carbonyl (C=O) groups is 1. The summed E-state index contributed by atoms with van der Waals surface area (Å²) in [6.07, 6.45) is 1.62. The van der Waals surface area contributed by atoms with Gasteiger partial charge in [0, 0.05) is 17.0 Å². The first-order valence-corrected chi connectivity index (χ1v) is 12.0. The number of halogens is 1. The van der Waals surface area contributed by atoms with E-state index in [9.17, 15) is 14.0 Å². The van der Waals surface area contributed by atoms with Crippen LogP contribution < -0.4 is 10.9 Å². The average molecular weight is 480 g/mol. The molecule has 8 heteroatoms. The molecule has 4 aromatic rings. The normalized spacial score (nSPS) is 12.0. The Morgan fingerprint density at radius 2 is 1.94 bits per heavy atom. The van der Waals surface area contributed by atoms with Crippen LogP contribution in [0.25, 0.3) is 27.0 Å². The van der Waals surface area contributed by atoms with Gasteiger partial charge in [-0.25, -0.2) is 9.37 Å². The molecule has 2 aromatic carbocycles. The Morgan fingerprint density at radius 3 is 2.61 bits per heavy atom. The number of hydrogen-bond donors (Lipinski definition) is 1. The molecule has 0 spiro atoms. The standard InChI is InChI=1S/C25H22FN3O2S2/c1-4-14-27-22(30)16(3)33-25-28-23-21(24(31)29(25)19-8-6-5-7-9-19)20(15(2)32-23)17-10-12-18(26)13-11-17/h4-13,16H,1,14H2,2-3H3,(H,27,30). The zero-order chi connectivity index (χ0) is 23.5. The van der Waals surface area contributed by atoms with Crippen molar-refractivity contribution in [1.29, 1.82) is 0 Å². The topological polar surface area (TPSA) is 64.0 Å². The molecular weight excluding hydrogens is 457 g/mol. The van der Waals surface area contributed by atoms with Crippen molar-refractivity contribution in [3.63, 3.8) is 0 Å². The minimum Gasteiger partial charge on any atom is -0.352 e. The highest BCUT2D eigenvalue weighted by atomic mass is 32.2. The zero-order valence-electron chi connectivity index (χ0n) is 18.2. The lowest BCUT2D eigenvalue weighted by Gasteiger charge is -2.15. The SMILES string of the molecule is C=CCNC(=O)C(C)Sc1nc2sc(C)c(-c3ccc(F)cc3)c2c(=O)n1-c1ccccc1. The number of thioether (sulfide) groups is 1. The van der Waals surface area contributed by atoms with Crippen molar-refractivity contribution in [1.82, 2.24) is 14.9 Å². The number of fused-ring (bicyclic) bond motifs is 1. The summed E-state index contributed by atoms with van der Waals surface area (Å²) in [7, 11) is 0. The molecule has 0 saturated carbocycles. The molecule has 0 fully saturated rings. The van der Waals surface area contributed by atoms with Crippen molar-refractivity contribution in [2.45, 2.75) is 24.3 Å². The summed E-state index contributed by atoms with van der Waals surface area (Å²) in [5.41, 5.74) is 1.95. The highest BCUT2D eigenvalue weighted by Gasteiger charge is 2.23. The molecule has 0 aliphatic heterocycles. The molecule has 168 valence electrons. The molecule has 5 nitrogen and oxygen atoms in total. The van der Waals surface area contributed by atoms with Crippen LogP contribution in [-0.2, 0) is 4.79 Å². The minimum absolute atomic E-state index is 0.164. The number of rotatable bonds is 7. The number of amides is 1. The Balaban J connectivity index is 1.92. The third-order valence-corrected chi connectivity index (χ3v) is 7.14. The fourth-order valence-corrected chi connectivity index (χ4v) is 5.56. The number of carbonyl (C=O) groups excluding carboxylic acids is 1. The monoisotopic (exact) mass is 479 g/mol. The van der Waals surface area contributed by atoms with Gasteiger partial charge in [-0.1, -0.05) is 48.2 Å². The Hall–Kier alpha value is -3.23. The lowest BCUT2D eigenvalue weighted by Crippen LogP contribution is -2.31. The molecule has 0 bridgehead atoms. The van der Waals surface area contributed by atoms with Crippen LogP contribution in [0.3, 0.4) is 0 Å². The minimum atomic E-state index is -0.470. The highest BCUT2D eigenvalue weighted by molar-refractivity contribution is 8.00. The summed E-state index contributed by atoms with van der Waals surface area (Å²) in [6.45, 7) is 7.69. The van der Waals surface area contributed by atoms with E-state index in [4.69, 9.17) is 4.98 Å². The van der Waals surface area contributed by atoms with E-state index in [2.05, 4.69) is 11.9 Å². The van der Waals surface area contributed by atoms with Crippen molar-refractivity contribution in [3.05, 3.63) is 88.3 Å². The Bertz CT molecular complexity index is 1380. The third-order valence-electron chi connectivity index (χ3n) is 5.09. The zero-order valence-corrected chi connectivity index (χ0v) is 19.8. The molecule has 0 aliphatic carbocycles. The molecular formula is C25H22FN3O2S2. The number of para-hydroxylation sites is 1. The van der Waals surface area contributed by atoms with Gasteiger partial charge in [0.25, 0.3) is 5.56 Å². The van der Waals surface area contributed by atoms with Crippen LogP contribution in [0.15, 0.2) is 77.2 Å². The number of thiophene rings is 1. The van der Waals surface area contributed by atoms with Crippen LogP contribution in [0, 0.1) is 12.7 Å². The average Bonchev–Trinajstić information content (AvgIpc) is 3.14. The second-order valence-corrected chi connectivity index (χ2v) is 9.90. The van der Waals surface area contributed by atoms with Gasteiger partial charge in [-0.05, 0) is 43.7 Å². The van der Waals surface area contributed by atoms with Gasteiger partial charge in [0.15, 0.2) is 5.16 Å². The van der Waals surface area contributed by atoms with E-state index < -0.39 is 5.25 Å². The maximum Gasteiger partial charge on any atom is 0.268 e. The second kappa shape index (κ2) is 9.72. The highest BCUT2D eigenvalue weighted by Crippen LogP contribution is 2.37. The molecule has 0 aliphatic rings. The van der Waals surface area contributed by atoms with Crippen molar-refractivity contribution in [2.24, 2.45) is 0 Å². The van der Waals surface area contributed by atoms with Crippen LogP contribution in [0.4, 0.5) is 4.39 Å². The summed E-state index contributed by atoms with van der Waals surface area (Å²) in [5.74, 6) is -0.499. The van der Waals surface area contributed by atoms with Crippen LogP contribution >= 0.6 is 23.1 Å². The van der Waals surface area contributed by atoms with Gasteiger partial charge in [-0.2, -0.15) is 0 Å². The van der Waals surface area contributed by atoms with Gasteiger partial charge >= 0.3 is 0 Å². The van der Waals surface area contributed by atoms with Crippen molar-refractivity contribution in [3.8, 4) is 16.8 Å². The quantitative estimate of drug-likeness (QED) is 0.221. The summed E-state index contributed by atoms with van der Waals surface area (Å²) in [4.78, 5) is 32.6. The number of nitrogens with one attached hydrogen (secondary N) is 1. The summed E-state index contributed by atoms with van der Waals surface area (Å²) >= 11 is 2.64. The fourth-order valence-electron chi connectivity index (χ4n) is 3.52. The summed E-state index contributed by atoms with van der Waals surface area (Å²) in [6, 6.07) is 15.3. The van der Waals surface area contributed by atoms with Crippen LogP contribution in [0.2, 0.25) is 0 Å². The molecule has 1 unspecified atom stereocenters. The van der Waals surface area contributed by atoms with Crippen molar-refractivity contribution >= 4 is 39.2 Å². The largest absolute Gasteiger partial charge is 0.352 e. The van der Waals surface area contributed by atoms with Crippen LogP contribution in [-0.4, -0.2) is 27.3 Å². The molecule has 0 radical (unpaired) electrons. The van der Waals surface area contributed by atoms with Gasteiger partial charge in [-0.3, -0.25) is 14.2 Å². The number of aryl methyl sites for hydroxylation is 1. The van der Waals surface area contributed by atoms with Crippen LogP contribution in [0.1, 0.15) is 11.8 Å². The van der Waals surface area contributed by atoms with Gasteiger partial charge < -0.3 is 5.32 Å². The first kappa shape index (κ1) is 22.9. The second-order valence-electron chi connectivity index (χ2n) is 7.38. The number of benzene rings is 2. The van der Waals surface area contributed by atoms with E-state index in [1.165, 1.54) is 35.2 Å².